The van der Waals surface area contributed by atoms with Crippen LogP contribution in [0, 0.1) is 0 Å². The normalized spacial score (nSPS) is 10.2. The Kier molecular flexibility index (Phi) is 35.4. The Morgan fingerprint density at radius 2 is 1.00 bits per heavy atom. The summed E-state index contributed by atoms with van der Waals surface area (Å²) in [5, 5.41) is 14.0. The molecule has 0 saturated carbocycles. The van der Waals surface area contributed by atoms with Crippen molar-refractivity contribution in [3.05, 3.63) is 0 Å². The topological polar surface area (TPSA) is 149 Å². The van der Waals surface area contributed by atoms with Gasteiger partial charge >= 0.3 is 18.1 Å². The van der Waals surface area contributed by atoms with Crippen molar-refractivity contribution in [1.82, 2.24) is 0 Å². The molecule has 0 aromatic heterocycles. The number of aliphatic hydroxyl groups is 2. The molecule has 0 aromatic rings. The number of hydrogen-bond donors (Lipinski definition) is 3. The molecule has 24 heavy (non-hydrogen) atoms. The summed E-state index contributed by atoms with van der Waals surface area (Å²) in [5.74, 6) is 0. The first kappa shape index (κ1) is 35.8. The van der Waals surface area contributed by atoms with E-state index in [0.717, 1.165) is 14.2 Å². The molecule has 0 fully saturated rings. The molecule has 150 valence electrons. The molecule has 13 heteroatoms. The predicted octanol–water partition coefficient (Wildman–Crippen LogP) is -1.05. The summed E-state index contributed by atoms with van der Waals surface area (Å²) < 4.78 is 31.8. The van der Waals surface area contributed by atoms with E-state index in [1.54, 1.807) is 27.7 Å². The summed E-state index contributed by atoms with van der Waals surface area (Å²) in [5.41, 5.74) is 0. The van der Waals surface area contributed by atoms with Crippen molar-refractivity contribution in [2.75, 3.05) is 47.8 Å². The van der Waals surface area contributed by atoms with Crippen molar-refractivity contribution < 1.29 is 68.4 Å². The maximum atomic E-state index is 10.2. The third-order valence-electron chi connectivity index (χ3n) is 1.80. The third-order valence-corrected chi connectivity index (χ3v) is 6.92. The molecule has 0 rings (SSSR count). The first-order valence-electron chi connectivity index (χ1n) is 6.94. The van der Waals surface area contributed by atoms with Gasteiger partial charge < -0.3 is 46.7 Å². The second kappa shape index (κ2) is 23.7. The summed E-state index contributed by atoms with van der Waals surface area (Å²) in [6.45, 7) is 8.22. The summed E-state index contributed by atoms with van der Waals surface area (Å²) in [6, 6.07) is 0. The smallest absolute Gasteiger partial charge is 0.457 e. The SMILES string of the molecule is CCO[Si](O)(OCC)O[Si](OC)(OCC)OCC.CO.CO.[OH3+].[Ti]. The van der Waals surface area contributed by atoms with Crippen molar-refractivity contribution >= 4 is 18.1 Å². The quantitative estimate of drug-likeness (QED) is 0.275. The Morgan fingerprint density at radius 3 is 1.21 bits per heavy atom. The van der Waals surface area contributed by atoms with Gasteiger partial charge in [0.1, 0.15) is 0 Å². The molecule has 0 aliphatic heterocycles. The van der Waals surface area contributed by atoms with Gasteiger partial charge in [-0.1, -0.05) is 0 Å². The van der Waals surface area contributed by atoms with Gasteiger partial charge in [0.25, 0.3) is 0 Å². The number of rotatable bonds is 11. The van der Waals surface area contributed by atoms with Gasteiger partial charge in [0, 0.05) is 69.5 Å². The van der Waals surface area contributed by atoms with E-state index in [1.807, 2.05) is 0 Å². The summed E-state index contributed by atoms with van der Waals surface area (Å²) in [7, 11) is -3.80. The zero-order valence-electron chi connectivity index (χ0n) is 15.7. The largest absolute Gasteiger partial charge is 0.673 e. The predicted molar refractivity (Wildman–Crippen MR) is 89.5 cm³/mol. The van der Waals surface area contributed by atoms with Crippen LogP contribution in [0.25, 0.3) is 0 Å². The van der Waals surface area contributed by atoms with E-state index in [4.69, 9.17) is 36.5 Å². The van der Waals surface area contributed by atoms with E-state index in [2.05, 4.69) is 0 Å². The molecule has 0 atom stereocenters. The van der Waals surface area contributed by atoms with Gasteiger partial charge in [-0.25, -0.2) is 0 Å². The van der Waals surface area contributed by atoms with E-state index < -0.39 is 18.1 Å². The van der Waals surface area contributed by atoms with Crippen LogP contribution in [0.2, 0.25) is 0 Å². The van der Waals surface area contributed by atoms with Crippen LogP contribution < -0.4 is 0 Å². The molecule has 0 bridgehead atoms. The fraction of sp³-hybridized carbons (Fsp3) is 1.00. The third kappa shape index (κ3) is 16.2. The molecule has 0 saturated heterocycles. The van der Waals surface area contributed by atoms with Gasteiger partial charge in [-0.05, 0) is 27.7 Å². The van der Waals surface area contributed by atoms with Gasteiger partial charge in [-0.2, -0.15) is 0 Å². The molecule has 0 radical (unpaired) electrons. The van der Waals surface area contributed by atoms with Crippen LogP contribution >= 0.6 is 0 Å². The summed E-state index contributed by atoms with van der Waals surface area (Å²) >= 11 is 0. The van der Waals surface area contributed by atoms with Gasteiger partial charge in [0.05, 0.1) is 0 Å². The average Bonchev–Trinajstić information content (AvgIpc) is 2.52. The fourth-order valence-electron chi connectivity index (χ4n) is 1.24. The van der Waals surface area contributed by atoms with Crippen molar-refractivity contribution in [2.45, 2.75) is 27.7 Å². The number of aliphatic hydroxyl groups excluding tert-OH is 2. The van der Waals surface area contributed by atoms with Crippen molar-refractivity contribution in [2.24, 2.45) is 0 Å². The van der Waals surface area contributed by atoms with Crippen molar-refractivity contribution in [1.29, 1.82) is 0 Å². The molecule has 0 aliphatic carbocycles. The minimum Gasteiger partial charge on any atom is -0.457 e. The standard InChI is InChI=1S/C9H24O7Si2.2CH4O.H2O.Ti/c1-6-12-17(10,13-7-2)16-18(11-5,14-8-3)15-9-4;2*1-2;;/h10H,6-9H2,1-5H3;2*2H,1H3;1H2;/p+1. The zero-order chi connectivity index (χ0) is 18.1. The number of hydrogen-bond acceptors (Lipinski definition) is 9. The van der Waals surface area contributed by atoms with Crippen LogP contribution in [-0.4, -0.2) is 80.9 Å². The van der Waals surface area contributed by atoms with E-state index in [1.165, 1.54) is 7.11 Å². The molecule has 0 amide bonds. The fourth-order valence-corrected chi connectivity index (χ4v) is 5.62. The molecule has 10 nitrogen and oxygen atoms in total. The van der Waals surface area contributed by atoms with Gasteiger partial charge in [0.15, 0.2) is 0 Å². The monoisotopic (exact) mass is 431 g/mol. The minimum absolute atomic E-state index is 0. The first-order valence-corrected chi connectivity index (χ1v) is 10.2. The second-order valence-electron chi connectivity index (χ2n) is 3.06. The Hall–Kier alpha value is 0.748. The summed E-state index contributed by atoms with van der Waals surface area (Å²) in [4.78, 5) is 10.2. The van der Waals surface area contributed by atoms with E-state index in [9.17, 15) is 4.80 Å². The Morgan fingerprint density at radius 1 is 0.708 bits per heavy atom. The first-order chi connectivity index (χ1) is 10.5. The molecular formula is C11H35O10Si2Ti+. The van der Waals surface area contributed by atoms with Crippen LogP contribution in [-0.2, 0) is 53.4 Å². The van der Waals surface area contributed by atoms with Crippen LogP contribution in [0.1, 0.15) is 27.7 Å². The molecule has 0 aromatic carbocycles. The van der Waals surface area contributed by atoms with E-state index in [0.29, 0.717) is 13.2 Å². The maximum absolute atomic E-state index is 10.2. The Balaban J connectivity index is -0.000000185. The van der Waals surface area contributed by atoms with Crippen LogP contribution in [0.15, 0.2) is 0 Å². The van der Waals surface area contributed by atoms with Crippen molar-refractivity contribution in [3.8, 4) is 0 Å². The Bertz CT molecular complexity index is 217. The molecular weight excluding hydrogens is 396 g/mol. The zero-order valence-corrected chi connectivity index (χ0v) is 19.3. The second-order valence-corrected chi connectivity index (χ2v) is 7.49. The molecule has 0 unspecified atom stereocenters. The molecule has 0 heterocycles. The molecule has 0 spiro atoms. The van der Waals surface area contributed by atoms with E-state index >= 15 is 0 Å². The van der Waals surface area contributed by atoms with Crippen molar-refractivity contribution in [3.63, 3.8) is 0 Å². The maximum Gasteiger partial charge on any atom is 0.673 e. The molecule has 6 N–H and O–H groups in total. The van der Waals surface area contributed by atoms with Gasteiger partial charge in [-0.15, -0.1) is 0 Å². The van der Waals surface area contributed by atoms with E-state index in [-0.39, 0.29) is 40.4 Å². The molecule has 0 aliphatic rings. The van der Waals surface area contributed by atoms with Crippen LogP contribution in [0.5, 0.6) is 0 Å². The van der Waals surface area contributed by atoms with Crippen LogP contribution in [0.4, 0.5) is 0 Å². The average molecular weight is 431 g/mol. The Labute approximate surface area is 162 Å². The minimum atomic E-state index is -3.79. The van der Waals surface area contributed by atoms with Crippen LogP contribution in [0.3, 0.4) is 0 Å². The van der Waals surface area contributed by atoms with Gasteiger partial charge in [0.2, 0.25) is 0 Å². The van der Waals surface area contributed by atoms with Gasteiger partial charge in [-0.3, -0.25) is 0 Å². The summed E-state index contributed by atoms with van der Waals surface area (Å²) in [6.07, 6.45) is 0.